The van der Waals surface area contributed by atoms with Gasteiger partial charge in [-0.05, 0) is 74.1 Å². The maximum Gasteiger partial charge on any atom is 0.251 e. The summed E-state index contributed by atoms with van der Waals surface area (Å²) in [7, 11) is 0. The minimum atomic E-state index is -0.0175. The highest BCUT2D eigenvalue weighted by atomic mass is 16.2. The van der Waals surface area contributed by atoms with E-state index in [4.69, 9.17) is 5.73 Å². The van der Waals surface area contributed by atoms with E-state index in [0.717, 1.165) is 24.9 Å². The predicted molar refractivity (Wildman–Crippen MR) is 102 cm³/mol. The van der Waals surface area contributed by atoms with E-state index in [2.05, 4.69) is 17.6 Å². The Labute approximate surface area is 155 Å². The Hall–Kier alpha value is -1.88. The monoisotopic (exact) mass is 355 g/mol. The number of nitrogens with one attached hydrogen (secondary N) is 2. The average molecular weight is 355 g/mol. The highest BCUT2D eigenvalue weighted by Crippen LogP contribution is 2.40. The number of rotatable bonds is 4. The summed E-state index contributed by atoms with van der Waals surface area (Å²) in [6.07, 6.45) is 6.60. The van der Waals surface area contributed by atoms with E-state index in [1.807, 2.05) is 12.1 Å². The third-order valence-electron chi connectivity index (χ3n) is 6.54. The fourth-order valence-corrected chi connectivity index (χ4v) is 4.89. The number of fused-ring (bicyclic) bond motifs is 2. The quantitative estimate of drug-likeness (QED) is 0.776. The Morgan fingerprint density at radius 3 is 2.23 bits per heavy atom. The highest BCUT2D eigenvalue weighted by molar-refractivity contribution is 5.97. The molecule has 4 rings (SSSR count). The zero-order valence-electron chi connectivity index (χ0n) is 15.4. The number of anilines is 1. The molecule has 3 aliphatic carbocycles. The minimum absolute atomic E-state index is 0.0175. The SMILES string of the molecule is CC1CC1C(=O)Nc1ccc(C(=O)NC2C3CCCC2CC(N)C3)cc1. The molecule has 3 saturated carbocycles. The molecule has 0 aliphatic heterocycles. The van der Waals surface area contributed by atoms with E-state index in [9.17, 15) is 9.59 Å². The Morgan fingerprint density at radius 1 is 1.04 bits per heavy atom. The molecule has 5 heteroatoms. The molecule has 4 atom stereocenters. The van der Waals surface area contributed by atoms with E-state index >= 15 is 0 Å². The summed E-state index contributed by atoms with van der Waals surface area (Å²) in [5, 5.41) is 6.20. The molecule has 2 bridgehead atoms. The third kappa shape index (κ3) is 3.63. The molecule has 0 heterocycles. The Kier molecular flexibility index (Phi) is 4.74. The number of amides is 2. The van der Waals surface area contributed by atoms with Crippen LogP contribution in [0.4, 0.5) is 5.69 Å². The van der Waals surface area contributed by atoms with E-state index in [1.165, 1.54) is 19.3 Å². The lowest BCUT2D eigenvalue weighted by Crippen LogP contribution is -2.53. The van der Waals surface area contributed by atoms with Gasteiger partial charge in [0.15, 0.2) is 0 Å². The highest BCUT2D eigenvalue weighted by Gasteiger charge is 2.40. The summed E-state index contributed by atoms with van der Waals surface area (Å²) in [5.41, 5.74) is 7.58. The molecule has 2 amide bonds. The minimum Gasteiger partial charge on any atom is -0.349 e. The summed E-state index contributed by atoms with van der Waals surface area (Å²) in [5.74, 6) is 1.73. The average Bonchev–Trinajstić information content (AvgIpc) is 3.33. The van der Waals surface area contributed by atoms with Crippen LogP contribution in [0, 0.1) is 23.7 Å². The van der Waals surface area contributed by atoms with E-state index in [0.29, 0.717) is 23.3 Å². The fourth-order valence-electron chi connectivity index (χ4n) is 4.89. The number of hydrogen-bond acceptors (Lipinski definition) is 3. The van der Waals surface area contributed by atoms with Gasteiger partial charge in [-0.2, -0.15) is 0 Å². The Bertz CT molecular complexity index is 673. The van der Waals surface area contributed by atoms with E-state index in [-0.39, 0.29) is 29.8 Å². The van der Waals surface area contributed by atoms with Crippen molar-refractivity contribution >= 4 is 17.5 Å². The van der Waals surface area contributed by atoms with Crippen molar-refractivity contribution in [2.45, 2.75) is 57.5 Å². The first-order valence-corrected chi connectivity index (χ1v) is 9.98. The zero-order chi connectivity index (χ0) is 18.3. The van der Waals surface area contributed by atoms with Gasteiger partial charge in [-0.15, -0.1) is 0 Å². The molecule has 4 unspecified atom stereocenters. The van der Waals surface area contributed by atoms with Crippen molar-refractivity contribution in [3.8, 4) is 0 Å². The number of nitrogens with two attached hydrogens (primary N) is 1. The van der Waals surface area contributed by atoms with Crippen molar-refractivity contribution in [3.05, 3.63) is 29.8 Å². The maximum absolute atomic E-state index is 12.7. The molecule has 4 N–H and O–H groups in total. The smallest absolute Gasteiger partial charge is 0.251 e. The molecule has 0 radical (unpaired) electrons. The van der Waals surface area contributed by atoms with Crippen LogP contribution >= 0.6 is 0 Å². The second kappa shape index (κ2) is 7.03. The number of hydrogen-bond donors (Lipinski definition) is 3. The van der Waals surface area contributed by atoms with Gasteiger partial charge >= 0.3 is 0 Å². The van der Waals surface area contributed by atoms with Crippen LogP contribution in [0.2, 0.25) is 0 Å². The van der Waals surface area contributed by atoms with Crippen LogP contribution in [0.5, 0.6) is 0 Å². The van der Waals surface area contributed by atoms with Gasteiger partial charge in [0.05, 0.1) is 0 Å². The van der Waals surface area contributed by atoms with Crippen LogP contribution in [0.1, 0.15) is 55.8 Å². The van der Waals surface area contributed by atoms with Gasteiger partial charge in [0.1, 0.15) is 0 Å². The standard InChI is InChI=1S/C21H29N3O2/c1-12-9-18(12)21(26)23-17-7-5-13(6-8-17)20(25)24-19-14-3-2-4-15(19)11-16(22)10-14/h5-8,12,14-16,18-19H,2-4,9-11,22H2,1H3,(H,23,26)(H,24,25). The van der Waals surface area contributed by atoms with Crippen molar-refractivity contribution in [2.75, 3.05) is 5.32 Å². The third-order valence-corrected chi connectivity index (χ3v) is 6.54. The largest absolute Gasteiger partial charge is 0.349 e. The van der Waals surface area contributed by atoms with Crippen LogP contribution in [0.15, 0.2) is 24.3 Å². The Balaban J connectivity index is 1.36. The lowest BCUT2D eigenvalue weighted by atomic mass is 9.67. The van der Waals surface area contributed by atoms with Gasteiger partial charge in [0.2, 0.25) is 5.91 Å². The topological polar surface area (TPSA) is 84.2 Å². The van der Waals surface area contributed by atoms with Crippen LogP contribution in [0.25, 0.3) is 0 Å². The lowest BCUT2D eigenvalue weighted by Gasteiger charge is -2.45. The van der Waals surface area contributed by atoms with Gasteiger partial charge in [-0.1, -0.05) is 13.3 Å². The summed E-state index contributed by atoms with van der Waals surface area (Å²) >= 11 is 0. The summed E-state index contributed by atoms with van der Waals surface area (Å²) < 4.78 is 0. The van der Waals surface area contributed by atoms with Crippen LogP contribution in [0.3, 0.4) is 0 Å². The van der Waals surface area contributed by atoms with Gasteiger partial charge in [-0.25, -0.2) is 0 Å². The molecule has 0 aromatic heterocycles. The van der Waals surface area contributed by atoms with Gasteiger partial charge in [-0.3, -0.25) is 9.59 Å². The van der Waals surface area contributed by atoms with Crippen molar-refractivity contribution < 1.29 is 9.59 Å². The molecule has 0 spiro atoms. The van der Waals surface area contributed by atoms with Gasteiger partial charge in [0, 0.05) is 29.3 Å². The van der Waals surface area contributed by atoms with Gasteiger partial charge < -0.3 is 16.4 Å². The van der Waals surface area contributed by atoms with Crippen molar-refractivity contribution in [1.29, 1.82) is 0 Å². The summed E-state index contributed by atoms with van der Waals surface area (Å²) in [6.45, 7) is 2.09. The molecule has 3 aliphatic rings. The molecule has 5 nitrogen and oxygen atoms in total. The molecule has 1 aromatic carbocycles. The fraction of sp³-hybridized carbons (Fsp3) is 0.619. The molecule has 3 fully saturated rings. The van der Waals surface area contributed by atoms with Crippen LogP contribution in [-0.4, -0.2) is 23.9 Å². The van der Waals surface area contributed by atoms with Crippen molar-refractivity contribution in [2.24, 2.45) is 29.4 Å². The molecule has 0 saturated heterocycles. The molecule has 140 valence electrons. The zero-order valence-corrected chi connectivity index (χ0v) is 15.4. The van der Waals surface area contributed by atoms with E-state index < -0.39 is 0 Å². The van der Waals surface area contributed by atoms with Gasteiger partial charge in [0.25, 0.3) is 5.91 Å². The van der Waals surface area contributed by atoms with Crippen molar-refractivity contribution in [3.63, 3.8) is 0 Å². The second-order valence-corrected chi connectivity index (χ2v) is 8.57. The summed E-state index contributed by atoms with van der Waals surface area (Å²) in [6, 6.07) is 7.77. The number of carbonyl (C=O) groups excluding carboxylic acids is 2. The summed E-state index contributed by atoms with van der Waals surface area (Å²) in [4.78, 5) is 24.7. The van der Waals surface area contributed by atoms with Crippen molar-refractivity contribution in [1.82, 2.24) is 5.32 Å². The normalized spacial score (nSPS) is 35.5. The molecule has 1 aromatic rings. The Morgan fingerprint density at radius 2 is 1.65 bits per heavy atom. The molecule has 26 heavy (non-hydrogen) atoms. The molecular formula is C21H29N3O2. The van der Waals surface area contributed by atoms with E-state index in [1.54, 1.807) is 12.1 Å². The number of carbonyl (C=O) groups is 2. The first-order chi connectivity index (χ1) is 12.5. The van der Waals surface area contributed by atoms with Crippen LogP contribution in [-0.2, 0) is 4.79 Å². The lowest BCUT2D eigenvalue weighted by molar-refractivity contribution is -0.117. The van der Waals surface area contributed by atoms with Crippen LogP contribution < -0.4 is 16.4 Å². The first kappa shape index (κ1) is 17.5. The first-order valence-electron chi connectivity index (χ1n) is 9.98. The maximum atomic E-state index is 12.7. The predicted octanol–water partition coefficient (Wildman–Crippen LogP) is 2.92. The number of benzene rings is 1. The molecular weight excluding hydrogens is 326 g/mol. The second-order valence-electron chi connectivity index (χ2n) is 8.57.